The van der Waals surface area contributed by atoms with E-state index in [1.807, 2.05) is 18.5 Å². The number of hydrogen-bond donors (Lipinski definition) is 0. The van der Waals surface area contributed by atoms with E-state index in [9.17, 15) is 4.79 Å². The van der Waals surface area contributed by atoms with Gasteiger partial charge in [-0.15, -0.1) is 10.2 Å². The minimum Gasteiger partial charge on any atom is -0.468 e. The summed E-state index contributed by atoms with van der Waals surface area (Å²) in [5.74, 6) is 1.62. The molecule has 0 spiro atoms. The van der Waals surface area contributed by atoms with Crippen LogP contribution in [0, 0.1) is 6.92 Å². The van der Waals surface area contributed by atoms with Gasteiger partial charge in [0.15, 0.2) is 0 Å². The highest BCUT2D eigenvalue weighted by Crippen LogP contribution is 2.20. The third kappa shape index (κ3) is 2.31. The van der Waals surface area contributed by atoms with Gasteiger partial charge in [-0.05, 0) is 26.3 Å². The van der Waals surface area contributed by atoms with Crippen LogP contribution in [0.1, 0.15) is 24.5 Å². The lowest BCUT2D eigenvalue weighted by atomic mass is 10.2. The first-order valence-electron chi connectivity index (χ1n) is 5.80. The van der Waals surface area contributed by atoms with Crippen molar-refractivity contribution in [2.45, 2.75) is 32.4 Å². The normalized spacial score (nSPS) is 20.8. The molecule has 6 heteroatoms. The van der Waals surface area contributed by atoms with Gasteiger partial charge in [-0.3, -0.25) is 9.69 Å². The van der Waals surface area contributed by atoms with Crippen molar-refractivity contribution < 1.29 is 9.53 Å². The lowest BCUT2D eigenvalue weighted by molar-refractivity contribution is -0.146. The highest BCUT2D eigenvalue weighted by atomic mass is 16.5. The van der Waals surface area contributed by atoms with E-state index in [-0.39, 0.29) is 12.0 Å². The van der Waals surface area contributed by atoms with Gasteiger partial charge in [-0.2, -0.15) is 0 Å². The molecule has 0 aromatic carbocycles. The molecule has 1 aromatic heterocycles. The van der Waals surface area contributed by atoms with Gasteiger partial charge in [0.2, 0.25) is 0 Å². The SMILES string of the molecule is COC(=O)C1CCCN1Cc1nnc(C)n1C. The van der Waals surface area contributed by atoms with Crippen molar-refractivity contribution in [3.8, 4) is 0 Å². The number of hydrogen-bond acceptors (Lipinski definition) is 5. The molecule has 0 bridgehead atoms. The van der Waals surface area contributed by atoms with Crippen LogP contribution in [0.4, 0.5) is 0 Å². The Balaban J connectivity index is 2.08. The number of esters is 1. The molecule has 1 aliphatic heterocycles. The van der Waals surface area contributed by atoms with Gasteiger partial charge in [0.25, 0.3) is 0 Å². The molecule has 1 saturated heterocycles. The van der Waals surface area contributed by atoms with Crippen molar-refractivity contribution in [2.24, 2.45) is 7.05 Å². The maximum atomic E-state index is 11.6. The molecule has 1 aromatic rings. The predicted molar refractivity (Wildman–Crippen MR) is 61.2 cm³/mol. The average Bonchev–Trinajstić information content (AvgIpc) is 2.90. The van der Waals surface area contributed by atoms with Gasteiger partial charge in [0.1, 0.15) is 17.7 Å². The first-order chi connectivity index (χ1) is 8.13. The summed E-state index contributed by atoms with van der Waals surface area (Å²) in [4.78, 5) is 13.7. The lowest BCUT2D eigenvalue weighted by Crippen LogP contribution is -2.37. The Morgan fingerprint density at radius 1 is 1.53 bits per heavy atom. The molecule has 6 nitrogen and oxygen atoms in total. The number of ether oxygens (including phenoxy) is 1. The Bertz CT molecular complexity index is 416. The fourth-order valence-electron chi connectivity index (χ4n) is 2.19. The van der Waals surface area contributed by atoms with Crippen molar-refractivity contribution in [2.75, 3.05) is 13.7 Å². The van der Waals surface area contributed by atoms with Crippen LogP contribution in [-0.2, 0) is 23.1 Å². The Hall–Kier alpha value is -1.43. The fourth-order valence-corrected chi connectivity index (χ4v) is 2.19. The Kier molecular flexibility index (Phi) is 3.42. The quantitative estimate of drug-likeness (QED) is 0.707. The smallest absolute Gasteiger partial charge is 0.323 e. The van der Waals surface area contributed by atoms with Crippen molar-refractivity contribution in [3.05, 3.63) is 11.6 Å². The molecule has 1 atom stereocenters. The molecular formula is C11H18N4O2. The molecule has 2 rings (SSSR count). The third-order valence-electron chi connectivity index (χ3n) is 3.36. The Morgan fingerprint density at radius 2 is 2.29 bits per heavy atom. The van der Waals surface area contributed by atoms with Crippen LogP contribution in [0.3, 0.4) is 0 Å². The van der Waals surface area contributed by atoms with E-state index in [2.05, 4.69) is 15.1 Å². The lowest BCUT2D eigenvalue weighted by Gasteiger charge is -2.21. The number of rotatable bonds is 3. The molecule has 17 heavy (non-hydrogen) atoms. The van der Waals surface area contributed by atoms with Crippen LogP contribution in [0.15, 0.2) is 0 Å². The summed E-state index contributed by atoms with van der Waals surface area (Å²) >= 11 is 0. The number of nitrogens with zero attached hydrogens (tertiary/aromatic N) is 4. The van der Waals surface area contributed by atoms with Crippen LogP contribution in [0.5, 0.6) is 0 Å². The number of carbonyl (C=O) groups is 1. The summed E-state index contributed by atoms with van der Waals surface area (Å²) in [6.45, 7) is 3.47. The molecule has 0 N–H and O–H groups in total. The molecule has 2 heterocycles. The van der Waals surface area contributed by atoms with Gasteiger partial charge < -0.3 is 9.30 Å². The van der Waals surface area contributed by atoms with Crippen molar-refractivity contribution in [3.63, 3.8) is 0 Å². The molecule has 0 radical (unpaired) electrons. The van der Waals surface area contributed by atoms with Crippen molar-refractivity contribution in [1.29, 1.82) is 0 Å². The molecule has 1 aliphatic rings. The minimum atomic E-state index is -0.151. The van der Waals surface area contributed by atoms with Gasteiger partial charge >= 0.3 is 5.97 Å². The number of methoxy groups -OCH3 is 1. The first kappa shape index (κ1) is 12.0. The van der Waals surface area contributed by atoms with Crippen LogP contribution in [-0.4, -0.2) is 45.3 Å². The van der Waals surface area contributed by atoms with E-state index < -0.39 is 0 Å². The summed E-state index contributed by atoms with van der Waals surface area (Å²) in [6.07, 6.45) is 1.89. The van der Waals surface area contributed by atoms with E-state index in [1.165, 1.54) is 7.11 Å². The summed E-state index contributed by atoms with van der Waals surface area (Å²) in [7, 11) is 3.37. The summed E-state index contributed by atoms with van der Waals surface area (Å²) in [5, 5.41) is 8.14. The number of aryl methyl sites for hydroxylation is 1. The Labute approximate surface area is 101 Å². The number of carbonyl (C=O) groups excluding carboxylic acids is 1. The third-order valence-corrected chi connectivity index (χ3v) is 3.36. The van der Waals surface area contributed by atoms with Crippen LogP contribution in [0.2, 0.25) is 0 Å². The second-order valence-corrected chi connectivity index (χ2v) is 4.37. The molecule has 1 unspecified atom stereocenters. The highest BCUT2D eigenvalue weighted by molar-refractivity contribution is 5.75. The largest absolute Gasteiger partial charge is 0.468 e. The molecule has 0 aliphatic carbocycles. The first-order valence-corrected chi connectivity index (χ1v) is 5.80. The van der Waals surface area contributed by atoms with Gasteiger partial charge in [-0.25, -0.2) is 0 Å². The molecular weight excluding hydrogens is 220 g/mol. The second kappa shape index (κ2) is 4.83. The number of aromatic nitrogens is 3. The minimum absolute atomic E-state index is 0.128. The zero-order chi connectivity index (χ0) is 12.4. The molecule has 0 saturated carbocycles. The standard InChI is InChI=1S/C11H18N4O2/c1-8-12-13-10(14(8)2)7-15-6-4-5-9(15)11(16)17-3/h9H,4-7H2,1-3H3. The maximum absolute atomic E-state index is 11.6. The topological polar surface area (TPSA) is 60.2 Å². The zero-order valence-electron chi connectivity index (χ0n) is 10.5. The van der Waals surface area contributed by atoms with E-state index in [4.69, 9.17) is 4.74 Å². The van der Waals surface area contributed by atoms with Crippen LogP contribution < -0.4 is 0 Å². The van der Waals surface area contributed by atoms with Crippen LogP contribution in [0.25, 0.3) is 0 Å². The zero-order valence-corrected chi connectivity index (χ0v) is 10.5. The van der Waals surface area contributed by atoms with Gasteiger partial charge in [0.05, 0.1) is 13.7 Å². The molecule has 1 fully saturated rings. The summed E-state index contributed by atoms with van der Waals surface area (Å²) < 4.78 is 6.77. The van der Waals surface area contributed by atoms with E-state index >= 15 is 0 Å². The summed E-state index contributed by atoms with van der Waals surface area (Å²) in [5.41, 5.74) is 0. The van der Waals surface area contributed by atoms with Crippen LogP contribution >= 0.6 is 0 Å². The second-order valence-electron chi connectivity index (χ2n) is 4.37. The monoisotopic (exact) mass is 238 g/mol. The van der Waals surface area contributed by atoms with E-state index in [1.54, 1.807) is 0 Å². The fraction of sp³-hybridized carbons (Fsp3) is 0.727. The van der Waals surface area contributed by atoms with Gasteiger partial charge in [-0.1, -0.05) is 0 Å². The van der Waals surface area contributed by atoms with Crippen molar-refractivity contribution in [1.82, 2.24) is 19.7 Å². The molecule has 94 valence electrons. The van der Waals surface area contributed by atoms with Gasteiger partial charge in [0, 0.05) is 7.05 Å². The summed E-state index contributed by atoms with van der Waals surface area (Å²) in [6, 6.07) is -0.128. The highest BCUT2D eigenvalue weighted by Gasteiger charge is 2.32. The van der Waals surface area contributed by atoms with E-state index in [0.717, 1.165) is 31.0 Å². The number of likely N-dealkylation sites (tertiary alicyclic amines) is 1. The average molecular weight is 238 g/mol. The van der Waals surface area contributed by atoms with Crippen molar-refractivity contribution >= 4 is 5.97 Å². The maximum Gasteiger partial charge on any atom is 0.323 e. The van der Waals surface area contributed by atoms with E-state index in [0.29, 0.717) is 6.54 Å². The Morgan fingerprint density at radius 3 is 2.88 bits per heavy atom. The molecule has 0 amide bonds. The predicted octanol–water partition coefficient (Wildman–Crippen LogP) is 0.261.